The van der Waals surface area contributed by atoms with Crippen molar-refractivity contribution in [2.45, 2.75) is 6.42 Å². The molecule has 6 heteroatoms. The summed E-state index contributed by atoms with van der Waals surface area (Å²) in [4.78, 5) is 13.8. The van der Waals surface area contributed by atoms with Crippen molar-refractivity contribution in [2.24, 2.45) is 0 Å². The van der Waals surface area contributed by atoms with Crippen LogP contribution in [-0.4, -0.2) is 21.6 Å². The van der Waals surface area contributed by atoms with Crippen molar-refractivity contribution in [3.05, 3.63) is 43.0 Å². The first kappa shape index (κ1) is 12.3. The van der Waals surface area contributed by atoms with Crippen molar-refractivity contribution >= 4 is 16.9 Å². The quantitative estimate of drug-likeness (QED) is 0.722. The summed E-state index contributed by atoms with van der Waals surface area (Å²) >= 11 is 1.51. The molecule has 4 rings (SSSR count). The van der Waals surface area contributed by atoms with Crippen LogP contribution < -0.4 is 4.74 Å². The Morgan fingerprint density at radius 3 is 3.05 bits per heavy atom. The highest BCUT2D eigenvalue weighted by atomic mass is 32.1. The van der Waals surface area contributed by atoms with Gasteiger partial charge in [0.05, 0.1) is 12.8 Å². The number of oxazole rings is 1. The SMILES string of the molecule is C=C1CCOc2oc(-c3cnc(-c4cccnc4)s3)nc21. The molecule has 0 bridgehead atoms. The van der Waals surface area contributed by atoms with Crippen molar-refractivity contribution in [3.8, 4) is 27.3 Å². The van der Waals surface area contributed by atoms with E-state index in [4.69, 9.17) is 9.15 Å². The zero-order valence-electron chi connectivity index (χ0n) is 11.1. The molecule has 0 fully saturated rings. The molecule has 0 aromatic carbocycles. The average Bonchev–Trinajstić information content (AvgIpc) is 3.15. The van der Waals surface area contributed by atoms with Gasteiger partial charge in [-0.3, -0.25) is 4.98 Å². The highest BCUT2D eigenvalue weighted by molar-refractivity contribution is 7.18. The number of thiazole rings is 1. The molecule has 0 saturated carbocycles. The molecule has 104 valence electrons. The second kappa shape index (κ2) is 4.82. The maximum absolute atomic E-state index is 5.67. The van der Waals surface area contributed by atoms with Gasteiger partial charge in [-0.15, -0.1) is 11.3 Å². The lowest BCUT2D eigenvalue weighted by Crippen LogP contribution is -2.05. The minimum Gasteiger partial charge on any atom is -0.463 e. The molecule has 5 nitrogen and oxygen atoms in total. The van der Waals surface area contributed by atoms with Crippen molar-refractivity contribution < 1.29 is 9.15 Å². The minimum atomic E-state index is 0.456. The van der Waals surface area contributed by atoms with E-state index in [2.05, 4.69) is 21.5 Å². The van der Waals surface area contributed by atoms with E-state index in [1.807, 2.05) is 12.1 Å². The Morgan fingerprint density at radius 2 is 2.24 bits per heavy atom. The largest absolute Gasteiger partial charge is 0.463 e. The van der Waals surface area contributed by atoms with E-state index >= 15 is 0 Å². The second-order valence-corrected chi connectivity index (χ2v) is 5.66. The Bertz CT molecular complexity index is 807. The Labute approximate surface area is 125 Å². The molecule has 3 aromatic rings. The lowest BCUT2D eigenvalue weighted by Gasteiger charge is -2.10. The summed E-state index contributed by atoms with van der Waals surface area (Å²) in [6, 6.07) is 3.86. The fourth-order valence-electron chi connectivity index (χ4n) is 2.11. The van der Waals surface area contributed by atoms with Gasteiger partial charge in [-0.1, -0.05) is 6.58 Å². The predicted molar refractivity (Wildman–Crippen MR) is 80.0 cm³/mol. The van der Waals surface area contributed by atoms with Crippen LogP contribution in [0.3, 0.4) is 0 Å². The predicted octanol–water partition coefficient (Wildman–Crippen LogP) is 3.66. The van der Waals surface area contributed by atoms with Gasteiger partial charge in [0.25, 0.3) is 0 Å². The first-order chi connectivity index (χ1) is 10.3. The van der Waals surface area contributed by atoms with E-state index in [1.165, 1.54) is 11.3 Å². The van der Waals surface area contributed by atoms with Crippen molar-refractivity contribution in [3.63, 3.8) is 0 Å². The Kier molecular flexibility index (Phi) is 2.82. The number of aromatic nitrogens is 3. The molecule has 0 N–H and O–H groups in total. The van der Waals surface area contributed by atoms with E-state index in [1.54, 1.807) is 18.6 Å². The average molecular weight is 297 g/mol. The van der Waals surface area contributed by atoms with Gasteiger partial charge in [0.15, 0.2) is 5.69 Å². The number of ether oxygens (including phenoxy) is 1. The fourth-order valence-corrected chi connectivity index (χ4v) is 2.95. The summed E-state index contributed by atoms with van der Waals surface area (Å²) in [6.07, 6.45) is 6.06. The standard InChI is InChI=1S/C15H11N3O2S/c1-9-4-6-19-15-12(9)18-13(20-15)11-8-17-14(21-11)10-3-2-5-16-7-10/h2-3,5,7-8H,1,4,6H2. The van der Waals surface area contributed by atoms with Gasteiger partial charge in [-0.2, -0.15) is 0 Å². The molecule has 1 aliphatic heterocycles. The van der Waals surface area contributed by atoms with E-state index in [0.717, 1.165) is 27.4 Å². The van der Waals surface area contributed by atoms with Crippen LogP contribution in [0.4, 0.5) is 0 Å². The molecule has 0 spiro atoms. The molecular formula is C15H11N3O2S. The Hall–Kier alpha value is -2.47. The highest BCUT2D eigenvalue weighted by Crippen LogP contribution is 2.38. The van der Waals surface area contributed by atoms with Crippen molar-refractivity contribution in [2.75, 3.05) is 6.61 Å². The maximum Gasteiger partial charge on any atom is 0.313 e. The van der Waals surface area contributed by atoms with Gasteiger partial charge in [-0.25, -0.2) is 9.97 Å². The number of pyridine rings is 1. The zero-order chi connectivity index (χ0) is 14.2. The number of nitrogens with zero attached hydrogens (tertiary/aromatic N) is 3. The van der Waals surface area contributed by atoms with Gasteiger partial charge in [-0.05, 0) is 17.7 Å². The summed E-state index contributed by atoms with van der Waals surface area (Å²) in [7, 11) is 0. The molecule has 4 heterocycles. The number of fused-ring (bicyclic) bond motifs is 1. The van der Waals surface area contributed by atoms with Crippen LogP contribution in [0.25, 0.3) is 26.9 Å². The van der Waals surface area contributed by atoms with Crippen LogP contribution in [0.15, 0.2) is 41.7 Å². The lowest BCUT2D eigenvalue weighted by atomic mass is 10.1. The van der Waals surface area contributed by atoms with E-state index in [9.17, 15) is 0 Å². The smallest absolute Gasteiger partial charge is 0.313 e. The van der Waals surface area contributed by atoms with Gasteiger partial charge >= 0.3 is 5.95 Å². The zero-order valence-corrected chi connectivity index (χ0v) is 11.9. The fraction of sp³-hybridized carbons (Fsp3) is 0.133. The van der Waals surface area contributed by atoms with Crippen LogP contribution in [0.1, 0.15) is 12.1 Å². The third kappa shape index (κ3) is 2.13. The summed E-state index contributed by atoms with van der Waals surface area (Å²) in [6.45, 7) is 4.58. The molecule has 0 saturated heterocycles. The molecule has 1 aliphatic rings. The summed E-state index contributed by atoms with van der Waals surface area (Å²) in [5, 5.41) is 0.883. The normalized spacial score (nSPS) is 13.8. The first-order valence-corrected chi connectivity index (χ1v) is 7.31. The van der Waals surface area contributed by atoms with E-state index in [0.29, 0.717) is 24.1 Å². The van der Waals surface area contributed by atoms with Gasteiger partial charge in [0.1, 0.15) is 9.88 Å². The number of rotatable bonds is 2. The lowest BCUT2D eigenvalue weighted by molar-refractivity contribution is 0.243. The van der Waals surface area contributed by atoms with Gasteiger partial charge in [0.2, 0.25) is 5.89 Å². The molecule has 0 atom stereocenters. The minimum absolute atomic E-state index is 0.456. The summed E-state index contributed by atoms with van der Waals surface area (Å²) in [5.41, 5.74) is 2.64. The second-order valence-electron chi connectivity index (χ2n) is 4.63. The number of hydrogen-bond donors (Lipinski definition) is 0. The Morgan fingerprint density at radius 1 is 1.29 bits per heavy atom. The monoisotopic (exact) mass is 297 g/mol. The third-order valence-electron chi connectivity index (χ3n) is 3.19. The molecule has 0 radical (unpaired) electrons. The number of hydrogen-bond acceptors (Lipinski definition) is 6. The summed E-state index contributed by atoms with van der Waals surface area (Å²) in [5.74, 6) is 0.980. The molecule has 21 heavy (non-hydrogen) atoms. The van der Waals surface area contributed by atoms with Crippen LogP contribution >= 0.6 is 11.3 Å². The maximum atomic E-state index is 5.67. The van der Waals surface area contributed by atoms with E-state index < -0.39 is 0 Å². The van der Waals surface area contributed by atoms with E-state index in [-0.39, 0.29) is 0 Å². The van der Waals surface area contributed by atoms with Crippen LogP contribution in [-0.2, 0) is 0 Å². The third-order valence-corrected chi connectivity index (χ3v) is 4.23. The van der Waals surface area contributed by atoms with Crippen LogP contribution in [0, 0.1) is 0 Å². The van der Waals surface area contributed by atoms with Crippen LogP contribution in [0.5, 0.6) is 5.95 Å². The summed E-state index contributed by atoms with van der Waals surface area (Å²) < 4.78 is 11.1. The van der Waals surface area contributed by atoms with Crippen LogP contribution in [0.2, 0.25) is 0 Å². The first-order valence-electron chi connectivity index (χ1n) is 6.49. The molecule has 0 unspecified atom stereocenters. The van der Waals surface area contributed by atoms with Gasteiger partial charge in [0, 0.05) is 24.4 Å². The molecular weight excluding hydrogens is 286 g/mol. The molecule has 0 amide bonds. The highest BCUT2D eigenvalue weighted by Gasteiger charge is 2.23. The molecule has 3 aromatic heterocycles. The molecule has 0 aliphatic carbocycles. The topological polar surface area (TPSA) is 61.0 Å². The van der Waals surface area contributed by atoms with Crippen molar-refractivity contribution in [1.29, 1.82) is 0 Å². The van der Waals surface area contributed by atoms with Crippen molar-refractivity contribution in [1.82, 2.24) is 15.0 Å². The van der Waals surface area contributed by atoms with Gasteiger partial charge < -0.3 is 9.15 Å². The Balaban J connectivity index is 1.72.